The van der Waals surface area contributed by atoms with Gasteiger partial charge < -0.3 is 20.3 Å². The Morgan fingerprint density at radius 1 is 1.03 bits per heavy atom. The Morgan fingerprint density at radius 3 is 2.35 bits per heavy atom. The zero-order valence-electron chi connectivity index (χ0n) is 17.6. The topological polar surface area (TPSA) is 73.9 Å². The largest absolute Gasteiger partial charge is 0.379 e. The Hall–Kier alpha value is -2.32. The fourth-order valence-corrected chi connectivity index (χ4v) is 3.85. The maximum atomic E-state index is 12.9. The maximum Gasteiger partial charge on any atom is 0.255 e. The molecule has 31 heavy (non-hydrogen) atoms. The summed E-state index contributed by atoms with van der Waals surface area (Å²) >= 11 is 12.0. The molecule has 1 aliphatic rings. The van der Waals surface area contributed by atoms with Crippen molar-refractivity contribution in [3.8, 4) is 0 Å². The number of amides is 2. The number of hydrogen-bond acceptors (Lipinski definition) is 5. The molecular weight excluding hydrogens is 439 g/mol. The Morgan fingerprint density at radius 2 is 1.71 bits per heavy atom. The Bertz CT molecular complexity index is 926. The molecule has 2 aromatic rings. The van der Waals surface area contributed by atoms with Gasteiger partial charge in [0.2, 0.25) is 0 Å². The minimum Gasteiger partial charge on any atom is -0.379 e. The minimum absolute atomic E-state index is 0.196. The number of carbonyl (C=O) groups is 2. The van der Waals surface area contributed by atoms with E-state index in [4.69, 9.17) is 27.9 Å². The van der Waals surface area contributed by atoms with E-state index in [0.29, 0.717) is 33.4 Å². The van der Waals surface area contributed by atoms with Gasteiger partial charge in [-0.1, -0.05) is 23.2 Å². The summed E-state index contributed by atoms with van der Waals surface area (Å²) in [6.07, 6.45) is 0. The molecule has 0 aromatic heterocycles. The monoisotopic (exact) mass is 464 g/mol. The lowest BCUT2D eigenvalue weighted by atomic mass is 10.1. The molecule has 0 spiro atoms. The molecule has 166 valence electrons. The molecule has 9 heteroatoms. The summed E-state index contributed by atoms with van der Waals surface area (Å²) in [6, 6.07) is 9.86. The normalized spacial score (nSPS) is 14.2. The number of morpholine rings is 1. The molecule has 1 heterocycles. The first kappa shape index (κ1) is 23.3. The first-order valence-corrected chi connectivity index (χ1v) is 10.8. The fourth-order valence-electron chi connectivity index (χ4n) is 3.32. The third kappa shape index (κ3) is 6.58. The van der Waals surface area contributed by atoms with E-state index in [1.165, 1.54) is 12.1 Å². The first-order valence-electron chi connectivity index (χ1n) is 10.0. The summed E-state index contributed by atoms with van der Waals surface area (Å²) in [5.74, 6) is -0.556. The second-order valence-corrected chi connectivity index (χ2v) is 8.32. The van der Waals surface area contributed by atoms with E-state index in [1.54, 1.807) is 24.3 Å². The maximum absolute atomic E-state index is 12.9. The van der Waals surface area contributed by atoms with E-state index in [-0.39, 0.29) is 11.8 Å². The number of ether oxygens (including phenoxy) is 1. The van der Waals surface area contributed by atoms with Crippen molar-refractivity contribution in [3.63, 3.8) is 0 Å². The standard InChI is InChI=1S/C22H26Cl2N4O3/c1-27(2)20-4-3-18(26-21(29)15-11-16(23)13-17(24)12-15)14-19(20)22(30)25-5-6-28-7-9-31-10-8-28/h3-4,11-14H,5-10H2,1-2H3,(H,25,30)(H,26,29). The van der Waals surface area contributed by atoms with Crippen molar-refractivity contribution in [2.24, 2.45) is 0 Å². The van der Waals surface area contributed by atoms with Gasteiger partial charge in [-0.15, -0.1) is 0 Å². The van der Waals surface area contributed by atoms with Crippen molar-refractivity contribution in [1.29, 1.82) is 0 Å². The van der Waals surface area contributed by atoms with E-state index in [9.17, 15) is 9.59 Å². The number of halogens is 2. The van der Waals surface area contributed by atoms with Crippen molar-refractivity contribution < 1.29 is 14.3 Å². The molecule has 1 saturated heterocycles. The van der Waals surface area contributed by atoms with Gasteiger partial charge in [-0.25, -0.2) is 0 Å². The lowest BCUT2D eigenvalue weighted by molar-refractivity contribution is 0.0383. The SMILES string of the molecule is CN(C)c1ccc(NC(=O)c2cc(Cl)cc(Cl)c2)cc1C(=O)NCCN1CCOCC1. The molecule has 2 aromatic carbocycles. The summed E-state index contributed by atoms with van der Waals surface area (Å²) < 4.78 is 5.34. The van der Waals surface area contributed by atoms with Crippen LogP contribution >= 0.6 is 23.2 Å². The lowest BCUT2D eigenvalue weighted by Crippen LogP contribution is -2.41. The average Bonchev–Trinajstić information content (AvgIpc) is 2.73. The van der Waals surface area contributed by atoms with Crippen molar-refractivity contribution in [2.45, 2.75) is 0 Å². The Kier molecular flexibility index (Phi) is 8.15. The number of carbonyl (C=O) groups excluding carboxylic acids is 2. The van der Waals surface area contributed by atoms with Gasteiger partial charge >= 0.3 is 0 Å². The van der Waals surface area contributed by atoms with Crippen LogP contribution in [0.4, 0.5) is 11.4 Å². The number of nitrogens with one attached hydrogen (secondary N) is 2. The number of anilines is 2. The molecule has 0 unspecified atom stereocenters. The average molecular weight is 465 g/mol. The predicted octanol–water partition coefficient (Wildman–Crippen LogP) is 3.37. The molecule has 0 radical (unpaired) electrons. The van der Waals surface area contributed by atoms with Crippen LogP contribution in [0.2, 0.25) is 10.0 Å². The number of rotatable bonds is 7. The van der Waals surface area contributed by atoms with Crippen LogP contribution in [0.15, 0.2) is 36.4 Å². The van der Waals surface area contributed by atoms with E-state index in [1.807, 2.05) is 19.0 Å². The third-order valence-corrected chi connectivity index (χ3v) is 5.36. The fraction of sp³-hybridized carbons (Fsp3) is 0.364. The van der Waals surface area contributed by atoms with Gasteiger partial charge in [0, 0.05) is 67.3 Å². The molecule has 0 aliphatic carbocycles. The van der Waals surface area contributed by atoms with Crippen LogP contribution in [-0.2, 0) is 4.74 Å². The zero-order chi connectivity index (χ0) is 22.4. The van der Waals surface area contributed by atoms with Gasteiger partial charge in [-0.2, -0.15) is 0 Å². The molecule has 0 atom stereocenters. The summed E-state index contributed by atoms with van der Waals surface area (Å²) in [6.45, 7) is 4.47. The van der Waals surface area contributed by atoms with E-state index in [2.05, 4.69) is 15.5 Å². The van der Waals surface area contributed by atoms with Gasteiger partial charge in [0.1, 0.15) is 0 Å². The molecule has 1 aliphatic heterocycles. The molecular formula is C22H26Cl2N4O3. The highest BCUT2D eigenvalue weighted by atomic mass is 35.5. The third-order valence-electron chi connectivity index (χ3n) is 4.92. The van der Waals surface area contributed by atoms with Crippen molar-refractivity contribution in [3.05, 3.63) is 57.6 Å². The highest BCUT2D eigenvalue weighted by Crippen LogP contribution is 2.24. The highest BCUT2D eigenvalue weighted by molar-refractivity contribution is 6.35. The van der Waals surface area contributed by atoms with Gasteiger partial charge in [-0.05, 0) is 36.4 Å². The van der Waals surface area contributed by atoms with Crippen LogP contribution in [0, 0.1) is 0 Å². The zero-order valence-corrected chi connectivity index (χ0v) is 19.1. The molecule has 2 N–H and O–H groups in total. The Labute approximate surface area is 192 Å². The first-order chi connectivity index (χ1) is 14.8. The lowest BCUT2D eigenvalue weighted by Gasteiger charge is -2.26. The van der Waals surface area contributed by atoms with Crippen LogP contribution < -0.4 is 15.5 Å². The van der Waals surface area contributed by atoms with Gasteiger partial charge in [0.15, 0.2) is 0 Å². The molecule has 7 nitrogen and oxygen atoms in total. The molecule has 1 fully saturated rings. The molecule has 0 bridgehead atoms. The van der Waals surface area contributed by atoms with Crippen molar-refractivity contribution in [2.75, 3.05) is 63.7 Å². The summed E-state index contributed by atoms with van der Waals surface area (Å²) in [4.78, 5) is 29.6. The quantitative estimate of drug-likeness (QED) is 0.656. The smallest absolute Gasteiger partial charge is 0.255 e. The van der Waals surface area contributed by atoms with E-state index >= 15 is 0 Å². The van der Waals surface area contributed by atoms with Gasteiger partial charge in [-0.3, -0.25) is 14.5 Å². The number of nitrogens with zero attached hydrogens (tertiary/aromatic N) is 2. The summed E-state index contributed by atoms with van der Waals surface area (Å²) in [7, 11) is 3.73. The predicted molar refractivity (Wildman–Crippen MR) is 125 cm³/mol. The van der Waals surface area contributed by atoms with Crippen molar-refractivity contribution in [1.82, 2.24) is 10.2 Å². The minimum atomic E-state index is -0.360. The molecule has 3 rings (SSSR count). The Balaban J connectivity index is 1.70. The number of benzene rings is 2. The van der Waals surface area contributed by atoms with Crippen LogP contribution in [0.1, 0.15) is 20.7 Å². The van der Waals surface area contributed by atoms with E-state index in [0.717, 1.165) is 38.5 Å². The van der Waals surface area contributed by atoms with Crippen LogP contribution in [-0.4, -0.2) is 70.2 Å². The molecule has 2 amide bonds. The number of hydrogen-bond donors (Lipinski definition) is 2. The highest BCUT2D eigenvalue weighted by Gasteiger charge is 2.17. The second-order valence-electron chi connectivity index (χ2n) is 7.45. The van der Waals surface area contributed by atoms with Crippen LogP contribution in [0.25, 0.3) is 0 Å². The second kappa shape index (κ2) is 10.8. The van der Waals surface area contributed by atoms with E-state index < -0.39 is 0 Å². The van der Waals surface area contributed by atoms with Crippen LogP contribution in [0.5, 0.6) is 0 Å². The summed E-state index contributed by atoms with van der Waals surface area (Å²) in [5, 5.41) is 6.53. The van der Waals surface area contributed by atoms with Crippen molar-refractivity contribution >= 4 is 46.4 Å². The molecule has 0 saturated carbocycles. The van der Waals surface area contributed by atoms with Crippen LogP contribution in [0.3, 0.4) is 0 Å². The van der Waals surface area contributed by atoms with Gasteiger partial charge in [0.25, 0.3) is 11.8 Å². The van der Waals surface area contributed by atoms with Gasteiger partial charge in [0.05, 0.1) is 18.8 Å². The summed E-state index contributed by atoms with van der Waals surface area (Å²) in [5.41, 5.74) is 2.08.